The molecule has 12 heteroatoms. The van der Waals surface area contributed by atoms with Gasteiger partial charge in [0.25, 0.3) is 0 Å². The Bertz CT molecular complexity index is 852. The summed E-state index contributed by atoms with van der Waals surface area (Å²) in [5.74, 6) is -0.150. The fraction of sp³-hybridized carbons (Fsp3) is 0.412. The van der Waals surface area contributed by atoms with Crippen LogP contribution in [0.15, 0.2) is 30.5 Å². The van der Waals surface area contributed by atoms with Gasteiger partial charge in [-0.2, -0.15) is 13.2 Å². The molecule has 9 nitrogen and oxygen atoms in total. The van der Waals surface area contributed by atoms with E-state index >= 15 is 0 Å². The average molecular weight is 416 g/mol. The summed E-state index contributed by atoms with van der Waals surface area (Å²) < 4.78 is 44.1. The molecule has 0 fully saturated rings. The van der Waals surface area contributed by atoms with E-state index in [9.17, 15) is 33.2 Å². The largest absolute Gasteiger partial charge is 0.491 e. The van der Waals surface area contributed by atoms with E-state index in [1.165, 1.54) is 10.8 Å². The molecule has 29 heavy (non-hydrogen) atoms. The van der Waals surface area contributed by atoms with Gasteiger partial charge in [-0.1, -0.05) is 0 Å². The second kappa shape index (κ2) is 9.37. The number of halogens is 3. The molecule has 0 bridgehead atoms. The maximum absolute atomic E-state index is 12.5. The Kier molecular flexibility index (Phi) is 7.15. The molecule has 2 N–H and O–H groups in total. The van der Waals surface area contributed by atoms with Gasteiger partial charge < -0.3 is 29.8 Å². The smallest absolute Gasteiger partial charge is 0.416 e. The summed E-state index contributed by atoms with van der Waals surface area (Å²) in [6.07, 6.45) is -4.27. The number of aromatic nitrogens is 2. The summed E-state index contributed by atoms with van der Waals surface area (Å²) in [5.41, 5.74) is -0.809. The number of carbonyl (C=O) groups is 1. The van der Waals surface area contributed by atoms with Gasteiger partial charge in [-0.15, -0.1) is 0 Å². The van der Waals surface area contributed by atoms with E-state index in [-0.39, 0.29) is 37.7 Å². The highest BCUT2D eigenvalue weighted by Gasteiger charge is 2.30. The van der Waals surface area contributed by atoms with Crippen LogP contribution in [0.1, 0.15) is 17.8 Å². The van der Waals surface area contributed by atoms with Crippen LogP contribution in [0.2, 0.25) is 0 Å². The van der Waals surface area contributed by atoms with Crippen molar-refractivity contribution in [3.63, 3.8) is 0 Å². The number of nitrogens with one attached hydrogen (secondary N) is 1. The number of imidazole rings is 1. The second-order valence-electron chi connectivity index (χ2n) is 6.14. The molecule has 1 amide bonds. The number of hydrogen-bond acceptors (Lipinski definition) is 6. The maximum Gasteiger partial charge on any atom is 0.416 e. The van der Waals surface area contributed by atoms with Crippen LogP contribution in [-0.2, 0) is 17.5 Å². The van der Waals surface area contributed by atoms with E-state index in [4.69, 9.17) is 4.74 Å². The van der Waals surface area contributed by atoms with E-state index < -0.39 is 28.7 Å². The van der Waals surface area contributed by atoms with Gasteiger partial charge in [0.05, 0.1) is 5.56 Å². The van der Waals surface area contributed by atoms with Gasteiger partial charge in [-0.25, -0.2) is 0 Å². The van der Waals surface area contributed by atoms with Gasteiger partial charge in [0.15, 0.2) is 0 Å². The lowest BCUT2D eigenvalue weighted by Gasteiger charge is -2.14. The monoisotopic (exact) mass is 416 g/mol. The Morgan fingerprint density at radius 1 is 1.38 bits per heavy atom. The molecule has 0 aliphatic carbocycles. The van der Waals surface area contributed by atoms with Crippen LogP contribution < -0.4 is 10.1 Å². The van der Waals surface area contributed by atoms with Crippen molar-refractivity contribution in [1.29, 1.82) is 0 Å². The number of amides is 1. The number of ether oxygens (including phenoxy) is 1. The molecule has 0 saturated carbocycles. The lowest BCUT2D eigenvalue weighted by Crippen LogP contribution is -2.35. The molecule has 0 saturated heterocycles. The third-order valence-corrected chi connectivity index (χ3v) is 3.89. The summed E-state index contributed by atoms with van der Waals surface area (Å²) in [4.78, 5) is 25.6. The molecule has 0 spiro atoms. The molecule has 2 aromatic rings. The van der Waals surface area contributed by atoms with Crippen LogP contribution in [-0.4, -0.2) is 44.7 Å². The Morgan fingerprint density at radius 2 is 2.03 bits per heavy atom. The standard InChI is InChI=1S/C17H19F3N4O5/c1-11-22-15(24(27)28)9-23(11)7-6-16(26)21-8-13(25)10-29-14-4-2-12(3-5-14)17(18,19)20/h2-5,9,13,25H,6-8,10H2,1H3,(H,21,26). The van der Waals surface area contributed by atoms with Gasteiger partial charge in [0, 0.05) is 26.4 Å². The molecular formula is C17H19F3N4O5. The number of aliphatic hydroxyl groups excluding tert-OH is 1. The Balaban J connectivity index is 1.71. The molecule has 158 valence electrons. The number of aliphatic hydroxyl groups is 1. The third kappa shape index (κ3) is 6.75. The number of nitro groups is 1. The number of benzene rings is 1. The van der Waals surface area contributed by atoms with Crippen LogP contribution in [0, 0.1) is 17.0 Å². The summed E-state index contributed by atoms with van der Waals surface area (Å²) in [5, 5.41) is 23.0. The SMILES string of the molecule is Cc1nc([N+](=O)[O-])cn1CCC(=O)NCC(O)COc1ccc(C(F)(F)F)cc1. The Morgan fingerprint density at radius 3 is 2.59 bits per heavy atom. The summed E-state index contributed by atoms with van der Waals surface area (Å²) in [7, 11) is 0. The summed E-state index contributed by atoms with van der Waals surface area (Å²) >= 11 is 0. The zero-order chi connectivity index (χ0) is 21.6. The number of aryl methyl sites for hydroxylation is 2. The lowest BCUT2D eigenvalue weighted by molar-refractivity contribution is -0.389. The van der Waals surface area contributed by atoms with Crippen molar-refractivity contribution < 1.29 is 32.7 Å². The Labute approximate surface area is 163 Å². The van der Waals surface area contributed by atoms with Crippen molar-refractivity contribution in [2.75, 3.05) is 13.2 Å². The molecular weight excluding hydrogens is 397 g/mol. The molecule has 1 aromatic heterocycles. The van der Waals surface area contributed by atoms with E-state index in [0.29, 0.717) is 5.82 Å². The van der Waals surface area contributed by atoms with Crippen LogP contribution in [0.25, 0.3) is 0 Å². The average Bonchev–Trinajstić information content (AvgIpc) is 3.03. The van der Waals surface area contributed by atoms with Crippen LogP contribution in [0.3, 0.4) is 0 Å². The van der Waals surface area contributed by atoms with Crippen molar-refractivity contribution in [2.45, 2.75) is 32.2 Å². The number of alkyl halides is 3. The van der Waals surface area contributed by atoms with Crippen molar-refractivity contribution in [3.05, 3.63) is 52.0 Å². The van der Waals surface area contributed by atoms with E-state index in [0.717, 1.165) is 24.3 Å². The predicted octanol–water partition coefficient (Wildman–Crippen LogP) is 2.06. The first-order valence-corrected chi connectivity index (χ1v) is 8.49. The number of rotatable bonds is 9. The minimum Gasteiger partial charge on any atom is -0.491 e. The van der Waals surface area contributed by atoms with Gasteiger partial charge in [-0.3, -0.25) is 4.79 Å². The molecule has 0 aliphatic heterocycles. The van der Waals surface area contributed by atoms with Crippen molar-refractivity contribution >= 4 is 11.7 Å². The van der Waals surface area contributed by atoms with Gasteiger partial charge >= 0.3 is 12.0 Å². The minimum atomic E-state index is -4.44. The first-order valence-electron chi connectivity index (χ1n) is 8.49. The molecule has 1 heterocycles. The normalized spacial score (nSPS) is 12.4. The van der Waals surface area contributed by atoms with E-state index in [1.807, 2.05) is 0 Å². The highest BCUT2D eigenvalue weighted by molar-refractivity contribution is 5.75. The van der Waals surface area contributed by atoms with Crippen LogP contribution in [0.5, 0.6) is 5.75 Å². The van der Waals surface area contributed by atoms with E-state index in [2.05, 4.69) is 10.3 Å². The molecule has 0 radical (unpaired) electrons. The first-order chi connectivity index (χ1) is 13.6. The molecule has 0 aliphatic rings. The molecule has 1 atom stereocenters. The van der Waals surface area contributed by atoms with Crippen LogP contribution in [0.4, 0.5) is 19.0 Å². The summed E-state index contributed by atoms with van der Waals surface area (Å²) in [6, 6.07) is 4.01. The topological polar surface area (TPSA) is 120 Å². The van der Waals surface area contributed by atoms with Gasteiger partial charge in [-0.05, 0) is 34.2 Å². The fourth-order valence-corrected chi connectivity index (χ4v) is 2.34. The third-order valence-electron chi connectivity index (χ3n) is 3.89. The van der Waals surface area contributed by atoms with Crippen LogP contribution >= 0.6 is 0 Å². The van der Waals surface area contributed by atoms with Gasteiger partial charge in [0.2, 0.25) is 11.7 Å². The van der Waals surface area contributed by atoms with Crippen molar-refractivity contribution in [1.82, 2.24) is 14.9 Å². The highest BCUT2D eigenvalue weighted by atomic mass is 19.4. The zero-order valence-electron chi connectivity index (χ0n) is 15.3. The number of carbonyl (C=O) groups excluding carboxylic acids is 1. The van der Waals surface area contributed by atoms with Gasteiger partial charge in [0.1, 0.15) is 24.7 Å². The number of hydrogen-bond donors (Lipinski definition) is 2. The quantitative estimate of drug-likeness (QED) is 0.477. The highest BCUT2D eigenvalue weighted by Crippen LogP contribution is 2.30. The summed E-state index contributed by atoms with van der Waals surface area (Å²) in [6.45, 7) is 1.41. The predicted molar refractivity (Wildman–Crippen MR) is 94.2 cm³/mol. The molecule has 1 unspecified atom stereocenters. The maximum atomic E-state index is 12.5. The zero-order valence-corrected chi connectivity index (χ0v) is 15.3. The fourth-order valence-electron chi connectivity index (χ4n) is 2.34. The first kappa shape index (κ1) is 22.1. The lowest BCUT2D eigenvalue weighted by atomic mass is 10.2. The minimum absolute atomic E-state index is 0.0147. The Hall–Kier alpha value is -3.15. The van der Waals surface area contributed by atoms with Crippen molar-refractivity contribution in [3.8, 4) is 5.75 Å². The molecule has 2 rings (SSSR count). The number of nitrogens with zero attached hydrogens (tertiary/aromatic N) is 3. The second-order valence-corrected chi connectivity index (χ2v) is 6.14. The van der Waals surface area contributed by atoms with E-state index in [1.54, 1.807) is 6.92 Å². The van der Waals surface area contributed by atoms with Crippen molar-refractivity contribution in [2.24, 2.45) is 0 Å². The molecule has 1 aromatic carbocycles.